The van der Waals surface area contributed by atoms with Gasteiger partial charge in [-0.2, -0.15) is 0 Å². The summed E-state index contributed by atoms with van der Waals surface area (Å²) in [6.07, 6.45) is 0. The third kappa shape index (κ3) is 3.94. The van der Waals surface area contributed by atoms with Crippen molar-refractivity contribution >= 4 is 15.7 Å². The first kappa shape index (κ1) is 16.2. The molecular formula is C14H23N3O3S. The zero-order valence-electron chi connectivity index (χ0n) is 12.6. The van der Waals surface area contributed by atoms with E-state index in [0.717, 1.165) is 18.7 Å². The van der Waals surface area contributed by atoms with Crippen LogP contribution in [0.5, 0.6) is 0 Å². The molecule has 0 aliphatic carbocycles. The summed E-state index contributed by atoms with van der Waals surface area (Å²) in [5.74, 6) is 0. The van der Waals surface area contributed by atoms with Gasteiger partial charge in [0.2, 0.25) is 10.0 Å². The lowest BCUT2D eigenvalue weighted by Gasteiger charge is -2.26. The summed E-state index contributed by atoms with van der Waals surface area (Å²) in [5.41, 5.74) is 7.70. The number of nitrogens with one attached hydrogen (secondary N) is 1. The van der Waals surface area contributed by atoms with Gasteiger partial charge < -0.3 is 10.5 Å². The third-order valence-electron chi connectivity index (χ3n) is 3.70. The van der Waals surface area contributed by atoms with Gasteiger partial charge in [0.1, 0.15) is 4.90 Å². The molecule has 0 bridgehead atoms. The minimum atomic E-state index is -3.58. The molecule has 1 saturated heterocycles. The van der Waals surface area contributed by atoms with Crippen molar-refractivity contribution in [3.63, 3.8) is 0 Å². The van der Waals surface area contributed by atoms with Gasteiger partial charge in [-0.05, 0) is 25.0 Å². The highest BCUT2D eigenvalue weighted by atomic mass is 32.2. The van der Waals surface area contributed by atoms with Crippen LogP contribution in [0.15, 0.2) is 17.0 Å². The van der Waals surface area contributed by atoms with Crippen LogP contribution in [0.4, 0.5) is 5.69 Å². The van der Waals surface area contributed by atoms with E-state index in [4.69, 9.17) is 10.5 Å². The number of sulfonamides is 1. The van der Waals surface area contributed by atoms with Crippen LogP contribution >= 0.6 is 0 Å². The fourth-order valence-electron chi connectivity index (χ4n) is 2.40. The molecule has 0 saturated carbocycles. The van der Waals surface area contributed by atoms with Gasteiger partial charge in [-0.3, -0.25) is 4.90 Å². The number of ether oxygens (including phenoxy) is 1. The molecule has 21 heavy (non-hydrogen) atoms. The van der Waals surface area contributed by atoms with Crippen LogP contribution in [0.1, 0.15) is 11.1 Å². The molecule has 1 heterocycles. The summed E-state index contributed by atoms with van der Waals surface area (Å²) < 4.78 is 32.8. The van der Waals surface area contributed by atoms with Gasteiger partial charge >= 0.3 is 0 Å². The van der Waals surface area contributed by atoms with E-state index in [1.54, 1.807) is 13.0 Å². The molecule has 0 spiro atoms. The fraction of sp³-hybridized carbons (Fsp3) is 0.571. The van der Waals surface area contributed by atoms with Crippen molar-refractivity contribution in [3.05, 3.63) is 23.3 Å². The Hall–Kier alpha value is -1.15. The first-order valence-electron chi connectivity index (χ1n) is 7.07. The van der Waals surface area contributed by atoms with Gasteiger partial charge in [-0.1, -0.05) is 12.1 Å². The largest absolute Gasteiger partial charge is 0.397 e. The number of rotatable bonds is 5. The molecule has 0 atom stereocenters. The number of benzene rings is 1. The quantitative estimate of drug-likeness (QED) is 0.773. The van der Waals surface area contributed by atoms with E-state index < -0.39 is 10.0 Å². The molecule has 1 aromatic rings. The molecular weight excluding hydrogens is 290 g/mol. The number of aryl methyl sites for hydroxylation is 2. The number of nitrogens with two attached hydrogens (primary N) is 1. The molecule has 118 valence electrons. The lowest BCUT2D eigenvalue weighted by Crippen LogP contribution is -2.41. The smallest absolute Gasteiger partial charge is 0.242 e. The topological polar surface area (TPSA) is 84.7 Å². The maximum absolute atomic E-state index is 12.4. The van der Waals surface area contributed by atoms with Gasteiger partial charge in [-0.25, -0.2) is 13.1 Å². The predicted molar refractivity (Wildman–Crippen MR) is 82.8 cm³/mol. The monoisotopic (exact) mass is 313 g/mol. The molecule has 1 aliphatic heterocycles. The van der Waals surface area contributed by atoms with Crippen LogP contribution < -0.4 is 10.5 Å². The summed E-state index contributed by atoms with van der Waals surface area (Å²) in [4.78, 5) is 2.38. The Morgan fingerprint density at radius 2 is 1.86 bits per heavy atom. The molecule has 7 heteroatoms. The molecule has 2 rings (SSSR count). The summed E-state index contributed by atoms with van der Waals surface area (Å²) in [6.45, 7) is 7.70. The van der Waals surface area contributed by atoms with Crippen molar-refractivity contribution in [3.8, 4) is 0 Å². The van der Waals surface area contributed by atoms with Crippen molar-refractivity contribution in [2.75, 3.05) is 45.1 Å². The van der Waals surface area contributed by atoms with Gasteiger partial charge in [0.05, 0.1) is 18.9 Å². The Bertz CT molecular complexity index is 596. The van der Waals surface area contributed by atoms with E-state index in [1.165, 1.54) is 0 Å². The lowest BCUT2D eigenvalue weighted by molar-refractivity contribution is 0.0390. The zero-order valence-corrected chi connectivity index (χ0v) is 13.4. The van der Waals surface area contributed by atoms with Crippen molar-refractivity contribution in [2.45, 2.75) is 18.7 Å². The Labute approximate surface area is 126 Å². The normalized spacial score (nSPS) is 17.0. The highest BCUT2D eigenvalue weighted by molar-refractivity contribution is 7.89. The lowest BCUT2D eigenvalue weighted by atomic mass is 10.1. The standard InChI is InChI=1S/C14H23N3O3S/c1-11-3-4-12(2)14(13(11)15)21(18,19)16-5-6-17-7-9-20-10-8-17/h3-4,16H,5-10,15H2,1-2H3. The van der Waals surface area contributed by atoms with Crippen molar-refractivity contribution in [2.24, 2.45) is 0 Å². The Morgan fingerprint density at radius 3 is 2.52 bits per heavy atom. The van der Waals surface area contributed by atoms with Crippen molar-refractivity contribution in [1.29, 1.82) is 0 Å². The van der Waals surface area contributed by atoms with Gasteiger partial charge in [0.25, 0.3) is 0 Å². The fourth-order valence-corrected chi connectivity index (χ4v) is 3.85. The minimum absolute atomic E-state index is 0.199. The molecule has 3 N–H and O–H groups in total. The third-order valence-corrected chi connectivity index (χ3v) is 5.37. The molecule has 0 aromatic heterocycles. The van der Waals surface area contributed by atoms with E-state index >= 15 is 0 Å². The second kappa shape index (κ2) is 6.74. The van der Waals surface area contributed by atoms with E-state index in [1.807, 2.05) is 13.0 Å². The maximum atomic E-state index is 12.4. The SMILES string of the molecule is Cc1ccc(C)c(S(=O)(=O)NCCN2CCOCC2)c1N. The van der Waals surface area contributed by atoms with E-state index in [2.05, 4.69) is 9.62 Å². The first-order chi connectivity index (χ1) is 9.92. The molecule has 1 fully saturated rings. The number of anilines is 1. The average Bonchev–Trinajstić information content (AvgIpc) is 2.44. The molecule has 0 radical (unpaired) electrons. The second-order valence-electron chi connectivity index (χ2n) is 5.29. The number of nitrogen functional groups attached to an aromatic ring is 1. The predicted octanol–water partition coefficient (Wildman–Crippen LogP) is 0.496. The molecule has 1 aliphatic rings. The van der Waals surface area contributed by atoms with Gasteiger partial charge in [-0.15, -0.1) is 0 Å². The van der Waals surface area contributed by atoms with E-state index in [9.17, 15) is 8.42 Å². The first-order valence-corrected chi connectivity index (χ1v) is 8.55. The molecule has 1 aromatic carbocycles. The van der Waals surface area contributed by atoms with E-state index in [-0.39, 0.29) is 4.90 Å². The summed E-state index contributed by atoms with van der Waals surface area (Å²) in [7, 11) is -3.58. The van der Waals surface area contributed by atoms with Gasteiger partial charge in [0.15, 0.2) is 0 Å². The number of nitrogens with zero attached hydrogens (tertiary/aromatic N) is 1. The van der Waals surface area contributed by atoms with Gasteiger partial charge in [0, 0.05) is 26.2 Å². The van der Waals surface area contributed by atoms with Crippen LogP contribution in [0.2, 0.25) is 0 Å². The number of hydrogen-bond acceptors (Lipinski definition) is 5. The molecule has 0 unspecified atom stereocenters. The summed E-state index contributed by atoms with van der Waals surface area (Å²) >= 11 is 0. The van der Waals surface area contributed by atoms with Crippen LogP contribution in [0, 0.1) is 13.8 Å². The Morgan fingerprint density at radius 1 is 1.24 bits per heavy atom. The van der Waals surface area contributed by atoms with Crippen molar-refractivity contribution < 1.29 is 13.2 Å². The Balaban J connectivity index is 2.03. The zero-order chi connectivity index (χ0) is 15.5. The average molecular weight is 313 g/mol. The van der Waals surface area contributed by atoms with Crippen LogP contribution in [-0.4, -0.2) is 52.7 Å². The number of morpholine rings is 1. The van der Waals surface area contributed by atoms with Crippen LogP contribution in [0.25, 0.3) is 0 Å². The van der Waals surface area contributed by atoms with Crippen LogP contribution in [0.3, 0.4) is 0 Å². The number of hydrogen-bond donors (Lipinski definition) is 2. The second-order valence-corrected chi connectivity index (χ2v) is 7.00. The maximum Gasteiger partial charge on any atom is 0.242 e. The van der Waals surface area contributed by atoms with E-state index in [0.29, 0.717) is 37.6 Å². The van der Waals surface area contributed by atoms with Crippen LogP contribution in [-0.2, 0) is 14.8 Å². The minimum Gasteiger partial charge on any atom is -0.397 e. The summed E-state index contributed by atoms with van der Waals surface area (Å²) in [5, 5.41) is 0. The Kier molecular flexibility index (Phi) is 5.21. The molecule has 6 nitrogen and oxygen atoms in total. The highest BCUT2D eigenvalue weighted by Gasteiger charge is 2.21. The van der Waals surface area contributed by atoms with Crippen molar-refractivity contribution in [1.82, 2.24) is 9.62 Å². The summed E-state index contributed by atoms with van der Waals surface area (Å²) in [6, 6.07) is 3.61. The highest BCUT2D eigenvalue weighted by Crippen LogP contribution is 2.25. The molecule has 0 amide bonds.